The maximum Gasteiger partial charge on any atom is 0.433 e. The first-order valence-electron chi connectivity index (χ1n) is 5.84. The van der Waals surface area contributed by atoms with Gasteiger partial charge in [0.1, 0.15) is 5.69 Å². The Labute approximate surface area is 108 Å². The van der Waals surface area contributed by atoms with Crippen LogP contribution in [-0.2, 0) is 10.9 Å². The fraction of sp³-hybridized carbons (Fsp3) is 0.636. The summed E-state index contributed by atoms with van der Waals surface area (Å²) in [6, 6.07) is 0.835. The van der Waals surface area contributed by atoms with Gasteiger partial charge in [0.05, 0.1) is 13.2 Å². The summed E-state index contributed by atoms with van der Waals surface area (Å²) in [5, 5.41) is 9.14. The standard InChI is InChI=1S/C11H14F3N3O2/c12-11(13,14)9-1-2-15-10(16-9)17-3-4-19-7-8(5-17)6-18/h1-2,8,18H,3-7H2/t8-/m1/s1. The number of aliphatic hydroxyl groups excluding tert-OH is 1. The Balaban J connectivity index is 2.20. The van der Waals surface area contributed by atoms with Crippen LogP contribution in [0.25, 0.3) is 0 Å². The van der Waals surface area contributed by atoms with Crippen molar-refractivity contribution in [2.45, 2.75) is 6.18 Å². The molecule has 0 saturated carbocycles. The van der Waals surface area contributed by atoms with Crippen molar-refractivity contribution in [3.8, 4) is 0 Å². The molecule has 1 N–H and O–H groups in total. The third-order valence-electron chi connectivity index (χ3n) is 2.81. The molecule has 8 heteroatoms. The second kappa shape index (κ2) is 5.70. The van der Waals surface area contributed by atoms with E-state index in [-0.39, 0.29) is 18.5 Å². The van der Waals surface area contributed by atoms with Crippen LogP contribution in [0.2, 0.25) is 0 Å². The predicted octanol–water partition coefficient (Wildman–Crippen LogP) is 0.940. The molecule has 1 aliphatic heterocycles. The first-order valence-corrected chi connectivity index (χ1v) is 5.84. The topological polar surface area (TPSA) is 58.5 Å². The van der Waals surface area contributed by atoms with Crippen LogP contribution in [0.1, 0.15) is 5.69 Å². The van der Waals surface area contributed by atoms with Crippen molar-refractivity contribution in [1.29, 1.82) is 0 Å². The Morgan fingerprint density at radius 3 is 2.95 bits per heavy atom. The summed E-state index contributed by atoms with van der Waals surface area (Å²) >= 11 is 0. The van der Waals surface area contributed by atoms with E-state index >= 15 is 0 Å². The van der Waals surface area contributed by atoms with Gasteiger partial charge in [-0.1, -0.05) is 0 Å². The van der Waals surface area contributed by atoms with Crippen LogP contribution in [0.4, 0.5) is 19.1 Å². The van der Waals surface area contributed by atoms with Gasteiger partial charge in [0.15, 0.2) is 0 Å². The average molecular weight is 277 g/mol. The van der Waals surface area contributed by atoms with E-state index in [2.05, 4.69) is 9.97 Å². The lowest BCUT2D eigenvalue weighted by molar-refractivity contribution is -0.141. The van der Waals surface area contributed by atoms with Crippen molar-refractivity contribution in [3.05, 3.63) is 18.0 Å². The Kier molecular flexibility index (Phi) is 4.20. The van der Waals surface area contributed by atoms with Crippen molar-refractivity contribution in [1.82, 2.24) is 9.97 Å². The highest BCUT2D eigenvalue weighted by atomic mass is 19.4. The first kappa shape index (κ1) is 14.0. The molecule has 0 unspecified atom stereocenters. The zero-order valence-corrected chi connectivity index (χ0v) is 10.1. The van der Waals surface area contributed by atoms with Crippen LogP contribution in [0, 0.1) is 5.92 Å². The summed E-state index contributed by atoms with van der Waals surface area (Å²) in [7, 11) is 0. The number of hydrogen-bond acceptors (Lipinski definition) is 5. The average Bonchev–Trinajstić information content (AvgIpc) is 2.63. The maximum atomic E-state index is 12.6. The van der Waals surface area contributed by atoms with Crippen molar-refractivity contribution in [2.24, 2.45) is 5.92 Å². The molecule has 0 spiro atoms. The van der Waals surface area contributed by atoms with Gasteiger partial charge in [0, 0.05) is 31.8 Å². The summed E-state index contributed by atoms with van der Waals surface area (Å²) in [6.07, 6.45) is -3.40. The van der Waals surface area contributed by atoms with Crippen LogP contribution >= 0.6 is 0 Å². The summed E-state index contributed by atoms with van der Waals surface area (Å²) in [4.78, 5) is 9.00. The molecule has 0 radical (unpaired) electrons. The molecule has 0 amide bonds. The van der Waals surface area contributed by atoms with Crippen molar-refractivity contribution in [2.75, 3.05) is 37.8 Å². The van der Waals surface area contributed by atoms with E-state index in [4.69, 9.17) is 9.84 Å². The number of ether oxygens (including phenoxy) is 1. The minimum atomic E-state index is -4.49. The van der Waals surface area contributed by atoms with Gasteiger partial charge < -0.3 is 14.7 Å². The molecule has 0 bridgehead atoms. The zero-order valence-electron chi connectivity index (χ0n) is 10.1. The minimum Gasteiger partial charge on any atom is -0.396 e. The molecule has 1 aromatic rings. The van der Waals surface area contributed by atoms with E-state index in [1.807, 2.05) is 0 Å². The lowest BCUT2D eigenvalue weighted by atomic mass is 10.2. The number of anilines is 1. The number of halogens is 3. The molecule has 106 valence electrons. The molecule has 19 heavy (non-hydrogen) atoms. The van der Waals surface area contributed by atoms with Gasteiger partial charge in [0.2, 0.25) is 5.95 Å². The van der Waals surface area contributed by atoms with E-state index in [1.165, 1.54) is 0 Å². The number of hydrogen-bond donors (Lipinski definition) is 1. The summed E-state index contributed by atoms with van der Waals surface area (Å²) in [6.45, 7) is 1.44. The lowest BCUT2D eigenvalue weighted by Crippen LogP contribution is -2.33. The quantitative estimate of drug-likeness (QED) is 0.872. The van der Waals surface area contributed by atoms with Gasteiger partial charge in [0.25, 0.3) is 0 Å². The van der Waals surface area contributed by atoms with E-state index in [0.717, 1.165) is 12.3 Å². The van der Waals surface area contributed by atoms with Crippen molar-refractivity contribution < 1.29 is 23.0 Å². The lowest BCUT2D eigenvalue weighted by Gasteiger charge is -2.22. The fourth-order valence-electron chi connectivity index (χ4n) is 1.83. The molecule has 1 fully saturated rings. The third kappa shape index (κ3) is 3.54. The van der Waals surface area contributed by atoms with Gasteiger partial charge in [-0.2, -0.15) is 13.2 Å². The number of rotatable bonds is 2. The minimum absolute atomic E-state index is 0.0128. The highest BCUT2D eigenvalue weighted by Gasteiger charge is 2.33. The molecular weight excluding hydrogens is 263 g/mol. The largest absolute Gasteiger partial charge is 0.433 e. The van der Waals surface area contributed by atoms with Gasteiger partial charge in [-0.15, -0.1) is 0 Å². The van der Waals surface area contributed by atoms with Crippen molar-refractivity contribution >= 4 is 5.95 Å². The van der Waals surface area contributed by atoms with Crippen LogP contribution < -0.4 is 4.90 Å². The van der Waals surface area contributed by atoms with E-state index in [0.29, 0.717) is 26.3 Å². The molecular formula is C11H14F3N3O2. The molecule has 5 nitrogen and oxygen atoms in total. The number of nitrogens with zero attached hydrogens (tertiary/aromatic N) is 3. The SMILES string of the molecule is OC[C@@H]1COCCN(c2nccc(C(F)(F)F)n2)C1. The Bertz CT molecular complexity index is 428. The summed E-state index contributed by atoms with van der Waals surface area (Å²) in [5.41, 5.74) is -0.969. The maximum absolute atomic E-state index is 12.6. The molecule has 2 heterocycles. The Hall–Kier alpha value is -1.41. The monoisotopic (exact) mass is 277 g/mol. The van der Waals surface area contributed by atoms with Crippen molar-refractivity contribution in [3.63, 3.8) is 0 Å². The third-order valence-corrected chi connectivity index (χ3v) is 2.81. The van der Waals surface area contributed by atoms with Crippen LogP contribution in [-0.4, -0.2) is 48.0 Å². The van der Waals surface area contributed by atoms with Crippen LogP contribution in [0.5, 0.6) is 0 Å². The van der Waals surface area contributed by atoms with Gasteiger partial charge in [-0.25, -0.2) is 9.97 Å². The van der Waals surface area contributed by atoms with E-state index in [1.54, 1.807) is 4.90 Å². The molecule has 0 aliphatic carbocycles. The summed E-state index contributed by atoms with van der Waals surface area (Å²) < 4.78 is 43.0. The Morgan fingerprint density at radius 1 is 1.47 bits per heavy atom. The predicted molar refractivity (Wildman–Crippen MR) is 60.6 cm³/mol. The molecule has 2 rings (SSSR count). The molecule has 1 aromatic heterocycles. The zero-order chi connectivity index (χ0) is 13.9. The smallest absolute Gasteiger partial charge is 0.396 e. The number of aliphatic hydroxyl groups is 1. The molecule has 1 atom stereocenters. The molecule has 1 saturated heterocycles. The normalized spacial score (nSPS) is 21.3. The van der Waals surface area contributed by atoms with Crippen LogP contribution in [0.3, 0.4) is 0 Å². The highest BCUT2D eigenvalue weighted by Crippen LogP contribution is 2.28. The van der Waals surface area contributed by atoms with Gasteiger partial charge >= 0.3 is 6.18 Å². The van der Waals surface area contributed by atoms with Gasteiger partial charge in [-0.3, -0.25) is 0 Å². The second-order valence-corrected chi connectivity index (χ2v) is 4.31. The number of aromatic nitrogens is 2. The fourth-order valence-corrected chi connectivity index (χ4v) is 1.83. The molecule has 1 aliphatic rings. The summed E-state index contributed by atoms with van der Waals surface area (Å²) in [5.74, 6) is -0.139. The second-order valence-electron chi connectivity index (χ2n) is 4.31. The highest BCUT2D eigenvalue weighted by molar-refractivity contribution is 5.31. The van der Waals surface area contributed by atoms with E-state index in [9.17, 15) is 13.2 Å². The van der Waals surface area contributed by atoms with Gasteiger partial charge in [-0.05, 0) is 6.07 Å². The Morgan fingerprint density at radius 2 is 2.26 bits per heavy atom. The van der Waals surface area contributed by atoms with Crippen LogP contribution in [0.15, 0.2) is 12.3 Å². The van der Waals surface area contributed by atoms with E-state index < -0.39 is 11.9 Å². The molecule has 0 aromatic carbocycles. The first-order chi connectivity index (χ1) is 9.00. The number of alkyl halides is 3.